The van der Waals surface area contributed by atoms with E-state index in [2.05, 4.69) is 20.3 Å². The summed E-state index contributed by atoms with van der Waals surface area (Å²) in [7, 11) is 3.50. The highest BCUT2D eigenvalue weighted by Crippen LogP contribution is 2.28. The second kappa shape index (κ2) is 10.1. The molecule has 1 amide bonds. The number of carbonyl (C=O) groups excluding carboxylic acids is 1. The average molecular weight is 459 g/mol. The quantitative estimate of drug-likeness (QED) is 0.665. The van der Waals surface area contributed by atoms with E-state index < -0.39 is 5.97 Å². The third-order valence-electron chi connectivity index (χ3n) is 6.57. The highest BCUT2D eigenvalue weighted by atomic mass is 16.6. The maximum Gasteiger partial charge on any atom is 0.410 e. The van der Waals surface area contributed by atoms with Gasteiger partial charge in [-0.05, 0) is 38.5 Å². The summed E-state index contributed by atoms with van der Waals surface area (Å²) in [5.41, 5.74) is 1.58. The van der Waals surface area contributed by atoms with E-state index in [1.807, 2.05) is 0 Å². The Kier molecular flexibility index (Phi) is 7.05. The zero-order valence-corrected chi connectivity index (χ0v) is 19.0. The van der Waals surface area contributed by atoms with Crippen molar-refractivity contribution >= 4 is 12.1 Å². The first kappa shape index (κ1) is 22.9. The molecule has 0 bridgehead atoms. The number of carbonyl (C=O) groups is 2. The van der Waals surface area contributed by atoms with Crippen LogP contribution in [0.25, 0.3) is 11.4 Å². The molecule has 2 aromatic heterocycles. The molecule has 0 unspecified atom stereocenters. The Balaban J connectivity index is 1.38. The van der Waals surface area contributed by atoms with E-state index in [1.165, 1.54) is 12.4 Å². The Hall–Kier alpha value is -3.24. The monoisotopic (exact) mass is 458 g/mol. The third-order valence-corrected chi connectivity index (χ3v) is 6.57. The average Bonchev–Trinajstić information content (AvgIpc) is 3.48. The Morgan fingerprint density at radius 3 is 2.64 bits per heavy atom. The van der Waals surface area contributed by atoms with E-state index in [4.69, 9.17) is 9.47 Å². The summed E-state index contributed by atoms with van der Waals surface area (Å²) in [5.74, 6) is -0.826. The molecule has 33 heavy (non-hydrogen) atoms. The molecule has 2 aliphatic rings. The molecule has 2 aromatic rings. The van der Waals surface area contributed by atoms with Gasteiger partial charge < -0.3 is 19.5 Å². The molecule has 0 aromatic carbocycles. The van der Waals surface area contributed by atoms with Crippen LogP contribution in [0.2, 0.25) is 0 Å². The van der Waals surface area contributed by atoms with Crippen molar-refractivity contribution in [2.45, 2.75) is 70.1 Å². The number of nitrogens with zero attached hydrogens (tertiary/aromatic N) is 6. The number of hydrogen-bond donors (Lipinski definition) is 1. The molecule has 11 heteroatoms. The van der Waals surface area contributed by atoms with Gasteiger partial charge in [0.2, 0.25) is 5.88 Å². The molecule has 0 radical (unpaired) electrons. The fourth-order valence-corrected chi connectivity index (χ4v) is 4.56. The van der Waals surface area contributed by atoms with Crippen molar-refractivity contribution in [2.24, 2.45) is 13.0 Å². The van der Waals surface area contributed by atoms with Gasteiger partial charge in [-0.2, -0.15) is 0 Å². The van der Waals surface area contributed by atoms with Crippen LogP contribution in [0.5, 0.6) is 5.88 Å². The second-order valence-corrected chi connectivity index (χ2v) is 8.79. The first-order valence-corrected chi connectivity index (χ1v) is 11.4. The van der Waals surface area contributed by atoms with E-state index in [1.54, 1.807) is 23.7 Å². The van der Waals surface area contributed by atoms with Crippen LogP contribution >= 0.6 is 0 Å². The molecule has 11 nitrogen and oxygen atoms in total. The number of aryl methyl sites for hydroxylation is 1. The molecule has 2 fully saturated rings. The maximum absolute atomic E-state index is 12.5. The Bertz CT molecular complexity index is 972. The van der Waals surface area contributed by atoms with E-state index in [0.29, 0.717) is 35.8 Å². The predicted octanol–water partition coefficient (Wildman–Crippen LogP) is 2.81. The van der Waals surface area contributed by atoms with E-state index in [0.717, 1.165) is 38.5 Å². The maximum atomic E-state index is 12.5. The number of ether oxygens (including phenoxy) is 2. The number of rotatable bonds is 7. The summed E-state index contributed by atoms with van der Waals surface area (Å²) in [5, 5.41) is 17.4. The van der Waals surface area contributed by atoms with Crippen molar-refractivity contribution in [1.82, 2.24) is 29.9 Å². The SMILES string of the molecule is CN(C(=O)OCc1c(-c2cnc(O[C@H]3CCC[C@H](C(=O)O)C3)cn2)nnn1C)C1CCCC1. The minimum Gasteiger partial charge on any atom is -0.481 e. The van der Waals surface area contributed by atoms with Crippen molar-refractivity contribution in [1.29, 1.82) is 0 Å². The molecule has 178 valence electrons. The van der Waals surface area contributed by atoms with Gasteiger partial charge in [-0.25, -0.2) is 19.4 Å². The predicted molar refractivity (Wildman–Crippen MR) is 116 cm³/mol. The fraction of sp³-hybridized carbons (Fsp3) is 0.636. The first-order chi connectivity index (χ1) is 15.9. The van der Waals surface area contributed by atoms with Crippen LogP contribution in [0.4, 0.5) is 4.79 Å². The van der Waals surface area contributed by atoms with Gasteiger partial charge in [0.15, 0.2) is 0 Å². The zero-order chi connectivity index (χ0) is 23.4. The molecule has 0 spiro atoms. The molecular weight excluding hydrogens is 428 g/mol. The summed E-state index contributed by atoms with van der Waals surface area (Å²) in [6.45, 7) is 0.0211. The Labute approximate surface area is 192 Å². The largest absolute Gasteiger partial charge is 0.481 e. The van der Waals surface area contributed by atoms with Gasteiger partial charge in [0.05, 0.1) is 18.3 Å². The molecule has 2 heterocycles. The van der Waals surface area contributed by atoms with Gasteiger partial charge >= 0.3 is 12.1 Å². The second-order valence-electron chi connectivity index (χ2n) is 8.79. The summed E-state index contributed by atoms with van der Waals surface area (Å²) < 4.78 is 12.9. The van der Waals surface area contributed by atoms with Crippen molar-refractivity contribution in [3.05, 3.63) is 18.1 Å². The third kappa shape index (κ3) is 5.40. The van der Waals surface area contributed by atoms with Gasteiger partial charge in [-0.3, -0.25) is 4.79 Å². The molecule has 0 aliphatic heterocycles. The van der Waals surface area contributed by atoms with Crippen LogP contribution in [0.15, 0.2) is 12.4 Å². The van der Waals surface area contributed by atoms with Gasteiger partial charge in [-0.1, -0.05) is 18.1 Å². The lowest BCUT2D eigenvalue weighted by molar-refractivity contribution is -0.143. The highest BCUT2D eigenvalue weighted by molar-refractivity contribution is 5.70. The topological polar surface area (TPSA) is 133 Å². The lowest BCUT2D eigenvalue weighted by Crippen LogP contribution is -2.35. The lowest BCUT2D eigenvalue weighted by Gasteiger charge is -2.26. The summed E-state index contributed by atoms with van der Waals surface area (Å²) in [4.78, 5) is 34.1. The molecule has 1 N–H and O–H groups in total. The summed E-state index contributed by atoms with van der Waals surface area (Å²) >= 11 is 0. The van der Waals surface area contributed by atoms with Crippen LogP contribution in [-0.4, -0.2) is 66.2 Å². The highest BCUT2D eigenvalue weighted by Gasteiger charge is 2.29. The molecular formula is C22H30N6O5. The van der Waals surface area contributed by atoms with E-state index in [9.17, 15) is 14.7 Å². The van der Waals surface area contributed by atoms with E-state index >= 15 is 0 Å². The molecule has 2 saturated carbocycles. The number of amides is 1. The fourth-order valence-electron chi connectivity index (χ4n) is 4.56. The number of carboxylic acids is 1. The van der Waals surface area contributed by atoms with Crippen molar-refractivity contribution < 1.29 is 24.2 Å². The minimum atomic E-state index is -0.782. The number of hydrogen-bond acceptors (Lipinski definition) is 8. The van der Waals surface area contributed by atoms with Crippen LogP contribution in [0.1, 0.15) is 57.1 Å². The van der Waals surface area contributed by atoms with Gasteiger partial charge in [0, 0.05) is 20.1 Å². The molecule has 0 saturated heterocycles. The zero-order valence-electron chi connectivity index (χ0n) is 19.0. The Morgan fingerprint density at radius 1 is 1.15 bits per heavy atom. The number of aromatic nitrogens is 5. The summed E-state index contributed by atoms with van der Waals surface area (Å²) in [6.07, 6.45) is 9.51. The van der Waals surface area contributed by atoms with Gasteiger partial charge in [0.1, 0.15) is 29.8 Å². The summed E-state index contributed by atoms with van der Waals surface area (Å²) in [6, 6.07) is 0.231. The Morgan fingerprint density at radius 2 is 1.94 bits per heavy atom. The van der Waals surface area contributed by atoms with Crippen LogP contribution < -0.4 is 4.74 Å². The van der Waals surface area contributed by atoms with Crippen molar-refractivity contribution in [3.63, 3.8) is 0 Å². The minimum absolute atomic E-state index is 0.0211. The molecule has 2 aliphatic carbocycles. The number of carboxylic acid groups (broad SMARTS) is 1. The van der Waals surface area contributed by atoms with Crippen LogP contribution in [0, 0.1) is 5.92 Å². The molecule has 2 atom stereocenters. The van der Waals surface area contributed by atoms with Gasteiger partial charge in [-0.15, -0.1) is 5.10 Å². The van der Waals surface area contributed by atoms with Crippen LogP contribution in [0.3, 0.4) is 0 Å². The smallest absolute Gasteiger partial charge is 0.410 e. The van der Waals surface area contributed by atoms with Gasteiger partial charge in [0.25, 0.3) is 0 Å². The van der Waals surface area contributed by atoms with Crippen molar-refractivity contribution in [2.75, 3.05) is 7.05 Å². The van der Waals surface area contributed by atoms with Crippen molar-refractivity contribution in [3.8, 4) is 17.3 Å². The normalized spacial score (nSPS) is 21.0. The standard InChI is InChI=1S/C22H30N6O5/c1-27(15-7-3-4-8-15)22(31)32-13-18-20(25-26-28(18)2)17-11-24-19(12-23-17)33-16-9-5-6-14(10-16)21(29)30/h11-12,14-16H,3-10,13H2,1-2H3,(H,29,30)/t14-,16-/m0/s1. The molecule has 4 rings (SSSR count). The van der Waals surface area contributed by atoms with Crippen LogP contribution in [-0.2, 0) is 23.2 Å². The number of aliphatic carboxylic acids is 1. The lowest BCUT2D eigenvalue weighted by atomic mass is 9.87. The van der Waals surface area contributed by atoms with E-state index in [-0.39, 0.29) is 30.8 Å². The first-order valence-electron chi connectivity index (χ1n) is 11.4.